The predicted molar refractivity (Wildman–Crippen MR) is 417 cm³/mol. The summed E-state index contributed by atoms with van der Waals surface area (Å²) in [5.74, 6) is -1.66. The molecule has 0 heterocycles. The van der Waals surface area contributed by atoms with Crippen LogP contribution in [0.5, 0.6) is 0 Å². The summed E-state index contributed by atoms with van der Waals surface area (Å²) in [6.07, 6.45) is 95.2. The van der Waals surface area contributed by atoms with Gasteiger partial charge in [-0.25, -0.2) is 9.13 Å². The molecule has 0 rings (SSSR count). The maximum atomic E-state index is 12.9. The average molecular weight is 1450 g/mol. The fourth-order valence-corrected chi connectivity index (χ4v) is 11.0. The molecule has 0 aliphatic heterocycles. The monoisotopic (exact) mass is 1450 g/mol. The van der Waals surface area contributed by atoms with Crippen LogP contribution in [0, 0.1) is 0 Å². The number of carbonyl (C=O) groups excluding carboxylic acids is 3. The van der Waals surface area contributed by atoms with Crippen molar-refractivity contribution in [3.63, 3.8) is 0 Å². The zero-order chi connectivity index (χ0) is 73.7. The Labute approximate surface area is 611 Å². The minimum absolute atomic E-state index is 0.0683. The minimum atomic E-state index is -4.95. The first-order valence-electron chi connectivity index (χ1n) is 38.1. The van der Waals surface area contributed by atoms with Crippen molar-refractivity contribution >= 4 is 33.6 Å². The summed E-state index contributed by atoms with van der Waals surface area (Å²) in [5.41, 5.74) is 0. The number of hydrogen-bond acceptors (Lipinski definition) is 14. The smallest absolute Gasteiger partial charge is 0.463 e. The average Bonchev–Trinajstić information content (AvgIpc) is 1.14. The zero-order valence-electron chi connectivity index (χ0n) is 62.2. The SMILES string of the molecule is CC/C=C\C/C=C\C/C=C\C/C=C\C/C=C\C/C=C\CCCCCCCCCCCCC(=O)OCC(O)COP(=O)(O)OCC(O)COP(=O)(O)OCC(COC(=O)CCCC/C=C\C/C=C\C/C=C\C/C=C\C/C=C\C/C=C\CC)OC(=O)CCCCCCC/C=C\C/C=C\C/C=C\CC. The summed E-state index contributed by atoms with van der Waals surface area (Å²) < 4.78 is 61.0. The molecule has 0 aromatic carbocycles. The number of aliphatic hydroxyl groups is 2. The van der Waals surface area contributed by atoms with Crippen molar-refractivity contribution in [3.8, 4) is 0 Å². The van der Waals surface area contributed by atoms with Gasteiger partial charge in [-0.2, -0.15) is 0 Å². The van der Waals surface area contributed by atoms with Gasteiger partial charge in [0.15, 0.2) is 6.10 Å². The fraction of sp³-hybridized carbons (Fsp3) is 0.602. The van der Waals surface area contributed by atoms with Gasteiger partial charge in [0.2, 0.25) is 0 Å². The van der Waals surface area contributed by atoms with Crippen LogP contribution in [0.15, 0.2) is 182 Å². The first kappa shape index (κ1) is 95.6. The number of hydrogen-bond donors (Lipinski definition) is 4. The summed E-state index contributed by atoms with van der Waals surface area (Å²) in [5, 5.41) is 20.6. The molecule has 18 heteroatoms. The van der Waals surface area contributed by atoms with E-state index in [-0.39, 0.29) is 19.3 Å². The molecule has 0 aliphatic carbocycles. The molecule has 0 radical (unpaired) electrons. The second-order valence-corrected chi connectivity index (χ2v) is 27.6. The van der Waals surface area contributed by atoms with Crippen molar-refractivity contribution in [2.45, 2.75) is 283 Å². The number of rotatable bonds is 70. The highest BCUT2D eigenvalue weighted by Crippen LogP contribution is 2.45. The van der Waals surface area contributed by atoms with Crippen LogP contribution in [-0.2, 0) is 55.8 Å². The molecular weight excluding hydrogens is 1310 g/mol. The van der Waals surface area contributed by atoms with Gasteiger partial charge >= 0.3 is 33.6 Å². The molecule has 0 spiro atoms. The molecule has 0 aromatic rings. The van der Waals surface area contributed by atoms with Crippen LogP contribution in [0.2, 0.25) is 0 Å². The number of esters is 3. The van der Waals surface area contributed by atoms with E-state index >= 15 is 0 Å². The van der Waals surface area contributed by atoms with Crippen LogP contribution >= 0.6 is 15.6 Å². The molecule has 0 amide bonds. The highest BCUT2D eigenvalue weighted by molar-refractivity contribution is 7.47. The number of ether oxygens (including phenoxy) is 3. The zero-order valence-corrected chi connectivity index (χ0v) is 64.0. The van der Waals surface area contributed by atoms with E-state index in [0.717, 1.165) is 173 Å². The van der Waals surface area contributed by atoms with Gasteiger partial charge in [-0.05, 0) is 154 Å². The summed E-state index contributed by atoms with van der Waals surface area (Å²) in [4.78, 5) is 58.6. The molecule has 0 bridgehead atoms. The normalized spacial score (nSPS) is 15.0. The Morgan fingerprint density at radius 2 is 0.495 bits per heavy atom. The summed E-state index contributed by atoms with van der Waals surface area (Å²) >= 11 is 0. The number of allylic oxidation sites excluding steroid dienone is 30. The number of phosphoric acid groups is 2. The van der Waals surface area contributed by atoms with Crippen LogP contribution in [0.1, 0.15) is 265 Å². The lowest BCUT2D eigenvalue weighted by atomic mass is 10.1. The molecule has 572 valence electrons. The molecule has 16 nitrogen and oxygen atoms in total. The molecule has 0 aliphatic rings. The first-order valence-corrected chi connectivity index (χ1v) is 41.1. The van der Waals surface area contributed by atoms with Gasteiger partial charge in [-0.3, -0.25) is 32.5 Å². The Morgan fingerprint density at radius 1 is 0.277 bits per heavy atom. The quantitative estimate of drug-likeness (QED) is 0.0146. The lowest BCUT2D eigenvalue weighted by Gasteiger charge is -2.21. The van der Waals surface area contributed by atoms with Gasteiger partial charge in [0, 0.05) is 19.3 Å². The van der Waals surface area contributed by atoms with Gasteiger partial charge in [0.25, 0.3) is 0 Å². The van der Waals surface area contributed by atoms with E-state index in [0.29, 0.717) is 19.3 Å². The largest absolute Gasteiger partial charge is 0.472 e. The highest BCUT2D eigenvalue weighted by atomic mass is 31.2. The van der Waals surface area contributed by atoms with Crippen LogP contribution < -0.4 is 0 Å². The van der Waals surface area contributed by atoms with Crippen molar-refractivity contribution in [1.82, 2.24) is 0 Å². The Balaban J connectivity index is 4.61. The Morgan fingerprint density at radius 3 is 0.802 bits per heavy atom. The van der Waals surface area contributed by atoms with E-state index in [2.05, 4.69) is 203 Å². The second-order valence-electron chi connectivity index (χ2n) is 24.7. The van der Waals surface area contributed by atoms with E-state index in [4.69, 9.17) is 32.3 Å². The molecule has 4 N–H and O–H groups in total. The van der Waals surface area contributed by atoms with E-state index < -0.39 is 91.5 Å². The molecule has 5 atom stereocenters. The molecular formula is C83H134O16P2. The van der Waals surface area contributed by atoms with Crippen molar-refractivity contribution < 1.29 is 75.8 Å². The summed E-state index contributed by atoms with van der Waals surface area (Å²) in [6.45, 7) is 2.23. The van der Waals surface area contributed by atoms with Crippen molar-refractivity contribution in [1.29, 1.82) is 0 Å². The lowest BCUT2D eigenvalue weighted by Crippen LogP contribution is -2.30. The Bertz CT molecular complexity index is 2570. The third-order valence-electron chi connectivity index (χ3n) is 15.1. The van der Waals surface area contributed by atoms with Gasteiger partial charge in [-0.1, -0.05) is 274 Å². The lowest BCUT2D eigenvalue weighted by molar-refractivity contribution is -0.161. The van der Waals surface area contributed by atoms with Gasteiger partial charge < -0.3 is 34.2 Å². The number of phosphoric ester groups is 2. The van der Waals surface area contributed by atoms with Crippen molar-refractivity contribution in [2.75, 3.05) is 39.6 Å². The van der Waals surface area contributed by atoms with E-state index in [1.54, 1.807) is 0 Å². The maximum Gasteiger partial charge on any atom is 0.472 e. The van der Waals surface area contributed by atoms with E-state index in [1.807, 2.05) is 0 Å². The van der Waals surface area contributed by atoms with Gasteiger partial charge in [0.05, 0.1) is 26.4 Å². The second kappa shape index (κ2) is 74.4. The van der Waals surface area contributed by atoms with Crippen molar-refractivity contribution in [2.24, 2.45) is 0 Å². The number of carbonyl (C=O) groups is 3. The molecule has 0 saturated heterocycles. The molecule has 0 saturated carbocycles. The van der Waals surface area contributed by atoms with Crippen LogP contribution in [-0.4, -0.2) is 95.9 Å². The Kier molecular flexibility index (Phi) is 70.4. The molecule has 5 unspecified atom stereocenters. The van der Waals surface area contributed by atoms with Crippen LogP contribution in [0.3, 0.4) is 0 Å². The predicted octanol–water partition coefficient (Wildman–Crippen LogP) is 22.2. The minimum Gasteiger partial charge on any atom is -0.463 e. The molecule has 0 aromatic heterocycles. The maximum absolute atomic E-state index is 12.9. The third-order valence-corrected chi connectivity index (χ3v) is 17.0. The van der Waals surface area contributed by atoms with Crippen molar-refractivity contribution in [3.05, 3.63) is 182 Å². The molecule has 0 fully saturated rings. The van der Waals surface area contributed by atoms with Crippen LogP contribution in [0.25, 0.3) is 0 Å². The highest BCUT2D eigenvalue weighted by Gasteiger charge is 2.29. The Hall–Kier alpha value is -5.35. The standard InChI is InChI=1S/C83H134O16P2/c1-4-7-10-13-16-19-22-25-28-30-32-34-35-36-37-38-39-40-41-43-45-46-49-51-54-57-60-63-66-69-81(86)93-72-78(84)73-95-100(89,90)96-74-79(85)75-97-101(91,92)98-77-80(99-83(88)71-68-65-62-59-56-53-48-27-24-21-18-15-12-9-6-3)76-94-82(87)70-67-64-61-58-55-52-50-47-44-42-33-31-29-26-23-20-17-14-11-8-5-2/h7-12,16-21,25-29,32-34,36-37,39-40,42,47-48,50,55,58,78-80,84-85H,4-6,13-15,22-24,30-31,35,38,41,43-46,49,51-54,56-57,59-77H2,1-3H3,(H,89,90)(H,91,92)/b10-7-,11-8-,12-9-,19-16-,20-17-,21-18-,28-25-,29-26-,34-32-,37-36-,40-39-,42-33-,48-27-,50-47-,58-55-. The van der Waals surface area contributed by atoms with Crippen LogP contribution in [0.4, 0.5) is 0 Å². The number of unbranched alkanes of at least 4 members (excludes halogenated alkanes) is 17. The van der Waals surface area contributed by atoms with Gasteiger partial charge in [-0.15, -0.1) is 0 Å². The number of aliphatic hydroxyl groups excluding tert-OH is 2. The first-order chi connectivity index (χ1) is 49.2. The third kappa shape index (κ3) is 75.6. The summed E-state index contributed by atoms with van der Waals surface area (Å²) in [7, 11) is -9.82. The van der Waals surface area contributed by atoms with E-state index in [1.165, 1.54) is 32.1 Å². The summed E-state index contributed by atoms with van der Waals surface area (Å²) in [6, 6.07) is 0. The fourth-order valence-electron chi connectivity index (χ4n) is 9.41. The topological polar surface area (TPSA) is 231 Å². The van der Waals surface area contributed by atoms with Gasteiger partial charge in [0.1, 0.15) is 25.4 Å². The van der Waals surface area contributed by atoms with E-state index in [9.17, 15) is 43.5 Å². The molecule has 101 heavy (non-hydrogen) atoms.